The van der Waals surface area contributed by atoms with Gasteiger partial charge in [0.1, 0.15) is 24.3 Å². The molecule has 0 aliphatic carbocycles. The van der Waals surface area contributed by atoms with Crippen molar-refractivity contribution in [1.82, 2.24) is 20.0 Å². The Labute approximate surface area is 187 Å². The van der Waals surface area contributed by atoms with Crippen LogP contribution < -0.4 is 10.2 Å². The number of halogens is 1. The van der Waals surface area contributed by atoms with Gasteiger partial charge in [-0.15, -0.1) is 0 Å². The molecular formula is C24H28FN5O2. The van der Waals surface area contributed by atoms with Crippen molar-refractivity contribution in [1.29, 1.82) is 0 Å². The lowest BCUT2D eigenvalue weighted by Gasteiger charge is -2.46. The predicted molar refractivity (Wildman–Crippen MR) is 119 cm³/mol. The first-order valence-electron chi connectivity index (χ1n) is 11.0. The standard InChI is InChI=1S/C24H28FN5O2/c1-15-7-6-9-18(11-15)28-12-16(2)13-29-20-21(26-23(28)29)27(3)24(32)30(22(20)31)14-17-8-4-5-10-19(17)25/h4-11,16,20-21,23,26H,12-14H2,1-3H3. The fourth-order valence-corrected chi connectivity index (χ4v) is 5.17. The second-order valence-corrected chi connectivity index (χ2v) is 9.13. The first-order valence-corrected chi connectivity index (χ1v) is 11.0. The van der Waals surface area contributed by atoms with Crippen molar-refractivity contribution in [3.05, 3.63) is 65.5 Å². The summed E-state index contributed by atoms with van der Waals surface area (Å²) < 4.78 is 14.3. The predicted octanol–water partition coefficient (Wildman–Crippen LogP) is 2.57. The number of likely N-dealkylation sites (N-methyl/N-ethyl adjacent to an activating group) is 1. The number of rotatable bonds is 3. The van der Waals surface area contributed by atoms with Gasteiger partial charge in [-0.05, 0) is 36.6 Å². The highest BCUT2D eigenvalue weighted by Gasteiger charge is 2.56. The number of imide groups is 1. The zero-order chi connectivity index (χ0) is 22.6. The van der Waals surface area contributed by atoms with Crippen molar-refractivity contribution >= 4 is 17.6 Å². The van der Waals surface area contributed by atoms with Crippen LogP contribution in [-0.2, 0) is 11.3 Å². The van der Waals surface area contributed by atoms with E-state index in [1.54, 1.807) is 30.1 Å². The van der Waals surface area contributed by atoms with Crippen molar-refractivity contribution in [3.8, 4) is 0 Å². The van der Waals surface area contributed by atoms with Crippen molar-refractivity contribution in [2.75, 3.05) is 25.0 Å². The van der Waals surface area contributed by atoms with Crippen molar-refractivity contribution in [3.63, 3.8) is 0 Å². The van der Waals surface area contributed by atoms with E-state index >= 15 is 0 Å². The van der Waals surface area contributed by atoms with Gasteiger partial charge in [0.2, 0.25) is 0 Å². The van der Waals surface area contributed by atoms with Gasteiger partial charge in [-0.25, -0.2) is 9.18 Å². The molecular weight excluding hydrogens is 409 g/mol. The highest BCUT2D eigenvalue weighted by atomic mass is 19.1. The summed E-state index contributed by atoms with van der Waals surface area (Å²) in [7, 11) is 1.70. The lowest BCUT2D eigenvalue weighted by Crippen LogP contribution is -2.66. The average molecular weight is 438 g/mol. The van der Waals surface area contributed by atoms with E-state index in [2.05, 4.69) is 47.2 Å². The molecule has 2 aromatic rings. The van der Waals surface area contributed by atoms with Crippen LogP contribution in [-0.4, -0.2) is 65.3 Å². The van der Waals surface area contributed by atoms with Crippen LogP contribution >= 0.6 is 0 Å². The second-order valence-electron chi connectivity index (χ2n) is 9.13. The maximum absolute atomic E-state index is 14.3. The van der Waals surface area contributed by atoms with Gasteiger partial charge in [0, 0.05) is 31.4 Å². The van der Waals surface area contributed by atoms with Gasteiger partial charge in [0.25, 0.3) is 5.91 Å². The number of aryl methyl sites for hydroxylation is 1. The molecule has 0 aromatic heterocycles. The topological polar surface area (TPSA) is 59.1 Å². The lowest BCUT2D eigenvalue weighted by molar-refractivity contribution is -0.139. The van der Waals surface area contributed by atoms with Gasteiger partial charge in [-0.1, -0.05) is 37.3 Å². The Hall–Kier alpha value is -2.97. The molecule has 8 heteroatoms. The minimum atomic E-state index is -0.524. The number of carbonyl (C=O) groups excluding carboxylic acids is 2. The second kappa shape index (κ2) is 7.86. The maximum Gasteiger partial charge on any atom is 0.328 e. The molecule has 3 saturated heterocycles. The third kappa shape index (κ3) is 3.34. The number of hydrogen-bond donors (Lipinski definition) is 1. The molecule has 3 aliphatic heterocycles. The maximum atomic E-state index is 14.3. The Morgan fingerprint density at radius 2 is 1.88 bits per heavy atom. The molecule has 0 saturated carbocycles. The number of benzene rings is 2. The zero-order valence-corrected chi connectivity index (χ0v) is 18.5. The minimum absolute atomic E-state index is 0.0758. The van der Waals surface area contributed by atoms with E-state index in [4.69, 9.17) is 0 Å². The summed E-state index contributed by atoms with van der Waals surface area (Å²) in [5.74, 6) is -0.366. The number of amides is 3. The summed E-state index contributed by atoms with van der Waals surface area (Å²) in [5, 5.41) is 3.53. The lowest BCUT2D eigenvalue weighted by atomic mass is 10.0. The van der Waals surface area contributed by atoms with E-state index < -0.39 is 24.1 Å². The summed E-state index contributed by atoms with van der Waals surface area (Å²) in [6.45, 7) is 5.75. The van der Waals surface area contributed by atoms with E-state index in [0.717, 1.165) is 18.8 Å². The molecule has 0 bridgehead atoms. The van der Waals surface area contributed by atoms with Crippen LogP contribution in [0.5, 0.6) is 0 Å². The molecule has 4 atom stereocenters. The average Bonchev–Trinajstić information content (AvgIpc) is 3.15. The molecule has 1 N–H and O–H groups in total. The van der Waals surface area contributed by atoms with Crippen molar-refractivity contribution in [2.24, 2.45) is 5.92 Å². The smallest absolute Gasteiger partial charge is 0.328 e. The molecule has 168 valence electrons. The third-order valence-corrected chi connectivity index (χ3v) is 6.70. The molecule has 3 aliphatic rings. The first kappa shape index (κ1) is 20.9. The monoisotopic (exact) mass is 437 g/mol. The molecule has 2 aromatic carbocycles. The minimum Gasteiger partial charge on any atom is -0.343 e. The molecule has 3 amide bonds. The largest absolute Gasteiger partial charge is 0.343 e. The van der Waals surface area contributed by atoms with E-state index in [1.807, 2.05) is 6.07 Å². The number of urea groups is 1. The zero-order valence-electron chi connectivity index (χ0n) is 18.5. The van der Waals surface area contributed by atoms with Crippen molar-refractivity contribution < 1.29 is 14.0 Å². The number of nitrogens with zero attached hydrogens (tertiary/aromatic N) is 4. The van der Waals surface area contributed by atoms with Gasteiger partial charge < -0.3 is 9.80 Å². The van der Waals surface area contributed by atoms with E-state index in [0.29, 0.717) is 11.5 Å². The summed E-state index contributed by atoms with van der Waals surface area (Å²) in [6, 6.07) is 13.6. The van der Waals surface area contributed by atoms with Crippen LogP contribution in [0.3, 0.4) is 0 Å². The van der Waals surface area contributed by atoms with Gasteiger partial charge in [0.05, 0.1) is 6.54 Å². The van der Waals surface area contributed by atoms with E-state index in [9.17, 15) is 14.0 Å². The molecule has 4 unspecified atom stereocenters. The molecule has 7 nitrogen and oxygen atoms in total. The van der Waals surface area contributed by atoms with Crippen molar-refractivity contribution in [2.45, 2.75) is 38.9 Å². The Morgan fingerprint density at radius 3 is 2.62 bits per heavy atom. The van der Waals surface area contributed by atoms with Gasteiger partial charge >= 0.3 is 6.03 Å². The quantitative estimate of drug-likeness (QED) is 0.800. The van der Waals surface area contributed by atoms with Crippen LogP contribution in [0, 0.1) is 18.7 Å². The molecule has 32 heavy (non-hydrogen) atoms. The molecule has 3 fully saturated rings. The van der Waals surface area contributed by atoms with E-state index in [1.165, 1.54) is 16.5 Å². The Kier molecular flexibility index (Phi) is 5.14. The van der Waals surface area contributed by atoms with Crippen LogP contribution in [0.4, 0.5) is 14.9 Å². The van der Waals surface area contributed by atoms with Crippen LogP contribution in [0.1, 0.15) is 18.1 Å². The fourth-order valence-electron chi connectivity index (χ4n) is 5.17. The number of hydrogen-bond acceptors (Lipinski definition) is 5. The number of anilines is 1. The Bertz CT molecular complexity index is 1060. The van der Waals surface area contributed by atoms with E-state index in [-0.39, 0.29) is 18.7 Å². The summed E-state index contributed by atoms with van der Waals surface area (Å²) in [6.07, 6.45) is -0.634. The normalized spacial score (nSPS) is 28.2. The molecule has 5 rings (SSSR count). The van der Waals surface area contributed by atoms with Gasteiger partial charge in [0.15, 0.2) is 0 Å². The highest BCUT2D eigenvalue weighted by molar-refractivity contribution is 6.00. The fraction of sp³-hybridized carbons (Fsp3) is 0.417. The summed E-state index contributed by atoms with van der Waals surface area (Å²) in [4.78, 5) is 33.9. The summed E-state index contributed by atoms with van der Waals surface area (Å²) >= 11 is 0. The van der Waals surface area contributed by atoms with Gasteiger partial charge in [-0.2, -0.15) is 0 Å². The molecule has 0 spiro atoms. The van der Waals surface area contributed by atoms with Gasteiger partial charge in [-0.3, -0.25) is 19.9 Å². The number of carbonyl (C=O) groups is 2. The van der Waals surface area contributed by atoms with Crippen LogP contribution in [0.15, 0.2) is 48.5 Å². The number of nitrogens with one attached hydrogen (secondary N) is 1. The Morgan fingerprint density at radius 1 is 1.09 bits per heavy atom. The molecule has 3 heterocycles. The van der Waals surface area contributed by atoms with Crippen LogP contribution in [0.25, 0.3) is 0 Å². The molecule has 0 radical (unpaired) electrons. The van der Waals surface area contributed by atoms with Crippen LogP contribution in [0.2, 0.25) is 0 Å². The summed E-state index contributed by atoms with van der Waals surface area (Å²) in [5.41, 5.74) is 2.58. The first-order chi connectivity index (χ1) is 15.3. The number of fused-ring (bicyclic) bond motifs is 3. The highest BCUT2D eigenvalue weighted by Crippen LogP contribution is 2.35. The third-order valence-electron chi connectivity index (χ3n) is 6.70. The Balaban J connectivity index is 1.47. The SMILES string of the molecule is Cc1cccc(N2CC(C)CN3C4C(=O)N(Cc5ccccc5F)C(=O)N(C)C4NC23)c1.